The van der Waals surface area contributed by atoms with Gasteiger partial charge in [-0.25, -0.2) is 4.79 Å². The Morgan fingerprint density at radius 1 is 1.44 bits per heavy atom. The van der Waals surface area contributed by atoms with Crippen LogP contribution in [-0.2, 0) is 4.74 Å². The number of esters is 1. The van der Waals surface area contributed by atoms with Crippen molar-refractivity contribution >= 4 is 11.7 Å². The van der Waals surface area contributed by atoms with Crippen molar-refractivity contribution < 1.29 is 9.53 Å². The van der Waals surface area contributed by atoms with Crippen LogP contribution in [0.25, 0.3) is 0 Å². The standard InChI is InChI=1S/C13H17NO2/c1-9-8-10(13(15)16-2)6-7-12(9)14-11-4-3-5-11/h6-8,11,14H,3-5H2,1-2H3. The van der Waals surface area contributed by atoms with Gasteiger partial charge in [0.1, 0.15) is 0 Å². The molecule has 0 atom stereocenters. The monoisotopic (exact) mass is 219 g/mol. The third-order valence-corrected chi connectivity index (χ3v) is 3.11. The van der Waals surface area contributed by atoms with Crippen molar-refractivity contribution in [3.63, 3.8) is 0 Å². The minimum Gasteiger partial charge on any atom is -0.465 e. The number of rotatable bonds is 3. The number of nitrogens with one attached hydrogen (secondary N) is 1. The van der Waals surface area contributed by atoms with Gasteiger partial charge in [-0.1, -0.05) is 0 Å². The third-order valence-electron chi connectivity index (χ3n) is 3.11. The van der Waals surface area contributed by atoms with Crippen LogP contribution in [0.3, 0.4) is 0 Å². The van der Waals surface area contributed by atoms with Gasteiger partial charge in [-0.15, -0.1) is 0 Å². The summed E-state index contributed by atoms with van der Waals surface area (Å²) in [7, 11) is 1.40. The van der Waals surface area contributed by atoms with Crippen molar-refractivity contribution in [2.75, 3.05) is 12.4 Å². The molecule has 1 aliphatic rings. The summed E-state index contributed by atoms with van der Waals surface area (Å²) in [5, 5.41) is 3.48. The van der Waals surface area contributed by atoms with Gasteiger partial charge in [-0.3, -0.25) is 0 Å². The molecule has 86 valence electrons. The van der Waals surface area contributed by atoms with Crippen molar-refractivity contribution in [3.05, 3.63) is 29.3 Å². The predicted octanol–water partition coefficient (Wildman–Crippen LogP) is 2.75. The van der Waals surface area contributed by atoms with Crippen LogP contribution in [0.1, 0.15) is 35.2 Å². The van der Waals surface area contributed by atoms with E-state index in [2.05, 4.69) is 10.1 Å². The van der Waals surface area contributed by atoms with E-state index < -0.39 is 0 Å². The summed E-state index contributed by atoms with van der Waals surface area (Å²) in [5.41, 5.74) is 2.83. The van der Waals surface area contributed by atoms with Crippen molar-refractivity contribution in [3.8, 4) is 0 Å². The maximum absolute atomic E-state index is 11.3. The lowest BCUT2D eigenvalue weighted by atomic mass is 9.92. The largest absolute Gasteiger partial charge is 0.465 e. The van der Waals surface area contributed by atoms with Crippen LogP contribution in [0.5, 0.6) is 0 Å². The van der Waals surface area contributed by atoms with Gasteiger partial charge in [-0.05, 0) is 49.9 Å². The summed E-state index contributed by atoms with van der Waals surface area (Å²) < 4.78 is 4.69. The summed E-state index contributed by atoms with van der Waals surface area (Å²) >= 11 is 0. The van der Waals surface area contributed by atoms with E-state index >= 15 is 0 Å². The van der Waals surface area contributed by atoms with Crippen molar-refractivity contribution in [1.29, 1.82) is 0 Å². The average Bonchev–Trinajstić information content (AvgIpc) is 2.23. The van der Waals surface area contributed by atoms with Gasteiger partial charge in [0, 0.05) is 11.7 Å². The smallest absolute Gasteiger partial charge is 0.337 e. The fraction of sp³-hybridized carbons (Fsp3) is 0.462. The Bertz CT molecular complexity index is 397. The van der Waals surface area contributed by atoms with Gasteiger partial charge < -0.3 is 10.1 Å². The van der Waals surface area contributed by atoms with Crippen LogP contribution >= 0.6 is 0 Å². The van der Waals surface area contributed by atoms with E-state index in [9.17, 15) is 4.79 Å². The molecular formula is C13H17NO2. The molecule has 16 heavy (non-hydrogen) atoms. The number of hydrogen-bond acceptors (Lipinski definition) is 3. The predicted molar refractivity (Wildman–Crippen MR) is 63.8 cm³/mol. The highest BCUT2D eigenvalue weighted by Gasteiger charge is 2.17. The maximum atomic E-state index is 11.3. The van der Waals surface area contributed by atoms with Crippen LogP contribution in [0.4, 0.5) is 5.69 Å². The molecule has 0 amide bonds. The van der Waals surface area contributed by atoms with Gasteiger partial charge in [0.15, 0.2) is 0 Å². The molecule has 0 aromatic heterocycles. The van der Waals surface area contributed by atoms with E-state index in [-0.39, 0.29) is 5.97 Å². The van der Waals surface area contributed by atoms with E-state index in [0.717, 1.165) is 11.3 Å². The number of anilines is 1. The minimum absolute atomic E-state index is 0.279. The summed E-state index contributed by atoms with van der Waals surface area (Å²) in [6.45, 7) is 2.01. The first kappa shape index (κ1) is 11.0. The highest BCUT2D eigenvalue weighted by molar-refractivity contribution is 5.90. The summed E-state index contributed by atoms with van der Waals surface area (Å²) in [4.78, 5) is 11.3. The molecule has 1 aliphatic carbocycles. The Labute approximate surface area is 95.8 Å². The zero-order valence-corrected chi connectivity index (χ0v) is 9.75. The molecule has 1 aromatic carbocycles. The third kappa shape index (κ3) is 2.18. The molecule has 1 N–H and O–H groups in total. The second kappa shape index (κ2) is 4.56. The first-order valence-corrected chi connectivity index (χ1v) is 5.66. The quantitative estimate of drug-likeness (QED) is 0.794. The number of carbonyl (C=O) groups is 1. The van der Waals surface area contributed by atoms with E-state index in [1.54, 1.807) is 6.07 Å². The van der Waals surface area contributed by atoms with Crippen LogP contribution in [0, 0.1) is 6.92 Å². The van der Waals surface area contributed by atoms with Gasteiger partial charge >= 0.3 is 5.97 Å². The molecular weight excluding hydrogens is 202 g/mol. The lowest BCUT2D eigenvalue weighted by Gasteiger charge is -2.28. The first-order valence-electron chi connectivity index (χ1n) is 5.66. The molecule has 2 rings (SSSR count). The highest BCUT2D eigenvalue weighted by atomic mass is 16.5. The van der Waals surface area contributed by atoms with Crippen LogP contribution in [-0.4, -0.2) is 19.1 Å². The van der Waals surface area contributed by atoms with Crippen LogP contribution < -0.4 is 5.32 Å². The number of ether oxygens (including phenoxy) is 1. The number of hydrogen-bond donors (Lipinski definition) is 1. The fourth-order valence-corrected chi connectivity index (χ4v) is 1.84. The molecule has 0 radical (unpaired) electrons. The molecule has 0 aliphatic heterocycles. The van der Waals surface area contributed by atoms with Gasteiger partial charge in [-0.2, -0.15) is 0 Å². The second-order valence-electron chi connectivity index (χ2n) is 4.29. The van der Waals surface area contributed by atoms with E-state index in [1.165, 1.54) is 26.4 Å². The zero-order chi connectivity index (χ0) is 11.5. The van der Waals surface area contributed by atoms with E-state index in [1.807, 2.05) is 19.1 Å². The second-order valence-corrected chi connectivity index (χ2v) is 4.29. The molecule has 0 bridgehead atoms. The van der Waals surface area contributed by atoms with E-state index in [0.29, 0.717) is 11.6 Å². The van der Waals surface area contributed by atoms with Crippen LogP contribution in [0.15, 0.2) is 18.2 Å². The Kier molecular flexibility index (Phi) is 3.13. The zero-order valence-electron chi connectivity index (χ0n) is 9.75. The highest BCUT2D eigenvalue weighted by Crippen LogP contribution is 2.25. The summed E-state index contributed by atoms with van der Waals surface area (Å²) in [6, 6.07) is 6.25. The molecule has 3 nitrogen and oxygen atoms in total. The lowest BCUT2D eigenvalue weighted by molar-refractivity contribution is 0.0600. The SMILES string of the molecule is COC(=O)c1ccc(NC2CCC2)c(C)c1. The van der Waals surface area contributed by atoms with E-state index in [4.69, 9.17) is 0 Å². The number of methoxy groups -OCH3 is 1. The molecule has 0 heterocycles. The number of aryl methyl sites for hydroxylation is 1. The molecule has 1 saturated carbocycles. The minimum atomic E-state index is -0.279. The topological polar surface area (TPSA) is 38.3 Å². The van der Waals surface area contributed by atoms with Crippen molar-refractivity contribution in [2.24, 2.45) is 0 Å². The molecule has 0 saturated heterocycles. The van der Waals surface area contributed by atoms with Gasteiger partial charge in [0.2, 0.25) is 0 Å². The number of benzene rings is 1. The maximum Gasteiger partial charge on any atom is 0.337 e. The fourth-order valence-electron chi connectivity index (χ4n) is 1.84. The lowest BCUT2D eigenvalue weighted by Crippen LogP contribution is -2.27. The molecule has 3 heteroatoms. The summed E-state index contributed by atoms with van der Waals surface area (Å²) in [6.07, 6.45) is 3.81. The van der Waals surface area contributed by atoms with Gasteiger partial charge in [0.25, 0.3) is 0 Å². The van der Waals surface area contributed by atoms with Gasteiger partial charge in [0.05, 0.1) is 12.7 Å². The summed E-state index contributed by atoms with van der Waals surface area (Å²) in [5.74, 6) is -0.279. The molecule has 1 fully saturated rings. The Balaban J connectivity index is 2.12. The Morgan fingerprint density at radius 3 is 2.69 bits per heavy atom. The average molecular weight is 219 g/mol. The first-order chi connectivity index (χ1) is 7.70. The Morgan fingerprint density at radius 2 is 2.19 bits per heavy atom. The molecule has 0 spiro atoms. The molecule has 1 aromatic rings. The van der Waals surface area contributed by atoms with Crippen molar-refractivity contribution in [1.82, 2.24) is 0 Å². The van der Waals surface area contributed by atoms with Crippen molar-refractivity contribution in [2.45, 2.75) is 32.2 Å². The number of carbonyl (C=O) groups excluding carboxylic acids is 1. The normalized spacial score (nSPS) is 15.4. The van der Waals surface area contributed by atoms with Crippen LogP contribution in [0.2, 0.25) is 0 Å². The Hall–Kier alpha value is -1.51. The molecule has 0 unspecified atom stereocenters.